The summed E-state index contributed by atoms with van der Waals surface area (Å²) in [7, 11) is 0. The molecule has 0 saturated carbocycles. The fourth-order valence-corrected chi connectivity index (χ4v) is 3.37. The molecular formula is C21H19N. The molecule has 0 radical (unpaired) electrons. The minimum atomic E-state index is 0.917. The van der Waals surface area contributed by atoms with Crippen LogP contribution in [-0.2, 0) is 6.54 Å². The van der Waals surface area contributed by atoms with Crippen molar-refractivity contribution in [2.45, 2.75) is 20.4 Å². The standard InChI is InChI=1S/C21H19N/c1-15-11-12-17(16(2)13-15)14-22-20-9-5-3-7-18(20)19-8-4-6-10-21(19)22/h3-13H,14H2,1-2H3. The van der Waals surface area contributed by atoms with Gasteiger partial charge >= 0.3 is 0 Å². The van der Waals surface area contributed by atoms with Gasteiger partial charge in [0.2, 0.25) is 0 Å². The van der Waals surface area contributed by atoms with Gasteiger partial charge in [-0.1, -0.05) is 60.2 Å². The van der Waals surface area contributed by atoms with E-state index in [2.05, 4.69) is 85.1 Å². The van der Waals surface area contributed by atoms with Crippen molar-refractivity contribution >= 4 is 21.8 Å². The average molecular weight is 285 g/mol. The monoisotopic (exact) mass is 285 g/mol. The van der Waals surface area contributed by atoms with Crippen molar-refractivity contribution in [1.29, 1.82) is 0 Å². The first-order valence-corrected chi connectivity index (χ1v) is 7.76. The van der Waals surface area contributed by atoms with E-state index < -0.39 is 0 Å². The van der Waals surface area contributed by atoms with E-state index in [9.17, 15) is 0 Å². The maximum absolute atomic E-state index is 2.43. The van der Waals surface area contributed by atoms with Crippen LogP contribution < -0.4 is 0 Å². The molecule has 0 aliphatic carbocycles. The van der Waals surface area contributed by atoms with Crippen molar-refractivity contribution in [1.82, 2.24) is 4.57 Å². The fraction of sp³-hybridized carbons (Fsp3) is 0.143. The number of aryl methyl sites for hydroxylation is 2. The minimum absolute atomic E-state index is 0.917. The molecule has 0 aliphatic rings. The van der Waals surface area contributed by atoms with Crippen molar-refractivity contribution in [3.05, 3.63) is 83.4 Å². The summed E-state index contributed by atoms with van der Waals surface area (Å²) >= 11 is 0. The van der Waals surface area contributed by atoms with Crippen LogP contribution in [0.15, 0.2) is 66.7 Å². The Bertz CT molecular complexity index is 922. The van der Waals surface area contributed by atoms with Gasteiger partial charge < -0.3 is 4.57 Å². The van der Waals surface area contributed by atoms with Crippen LogP contribution in [0.2, 0.25) is 0 Å². The summed E-state index contributed by atoms with van der Waals surface area (Å²) in [5, 5.41) is 2.67. The van der Waals surface area contributed by atoms with E-state index in [1.54, 1.807) is 0 Å². The average Bonchev–Trinajstić information content (AvgIpc) is 2.85. The molecule has 1 heteroatoms. The van der Waals surface area contributed by atoms with Gasteiger partial charge in [-0.3, -0.25) is 0 Å². The molecule has 0 spiro atoms. The quantitative estimate of drug-likeness (QED) is 0.461. The van der Waals surface area contributed by atoms with Crippen LogP contribution in [0.1, 0.15) is 16.7 Å². The summed E-state index contributed by atoms with van der Waals surface area (Å²) in [6, 6.07) is 24.1. The van der Waals surface area contributed by atoms with Gasteiger partial charge in [0.1, 0.15) is 0 Å². The summed E-state index contributed by atoms with van der Waals surface area (Å²) in [6.07, 6.45) is 0. The summed E-state index contributed by atoms with van der Waals surface area (Å²) in [4.78, 5) is 0. The van der Waals surface area contributed by atoms with E-state index >= 15 is 0 Å². The van der Waals surface area contributed by atoms with Crippen molar-refractivity contribution in [2.75, 3.05) is 0 Å². The lowest BCUT2D eigenvalue weighted by Crippen LogP contribution is -2.01. The van der Waals surface area contributed by atoms with E-state index in [4.69, 9.17) is 0 Å². The van der Waals surface area contributed by atoms with Gasteiger partial charge in [-0.05, 0) is 37.1 Å². The molecule has 4 rings (SSSR count). The summed E-state index contributed by atoms with van der Waals surface area (Å²) in [5.41, 5.74) is 6.69. The number of para-hydroxylation sites is 2. The lowest BCUT2D eigenvalue weighted by atomic mass is 10.1. The molecule has 108 valence electrons. The highest BCUT2D eigenvalue weighted by molar-refractivity contribution is 6.08. The Hall–Kier alpha value is -2.54. The Morgan fingerprint density at radius 3 is 1.91 bits per heavy atom. The Kier molecular flexibility index (Phi) is 3.00. The predicted octanol–water partition coefficient (Wildman–Crippen LogP) is 5.46. The maximum atomic E-state index is 2.43. The van der Waals surface area contributed by atoms with E-state index in [0.717, 1.165) is 6.54 Å². The molecule has 0 saturated heterocycles. The van der Waals surface area contributed by atoms with Gasteiger partial charge in [0.05, 0.1) is 0 Å². The first-order valence-electron chi connectivity index (χ1n) is 7.76. The molecular weight excluding hydrogens is 266 g/mol. The topological polar surface area (TPSA) is 4.93 Å². The lowest BCUT2D eigenvalue weighted by Gasteiger charge is -2.11. The summed E-state index contributed by atoms with van der Waals surface area (Å²) in [6.45, 7) is 5.27. The van der Waals surface area contributed by atoms with Gasteiger partial charge in [-0.15, -0.1) is 0 Å². The molecule has 0 bridgehead atoms. The van der Waals surface area contributed by atoms with Crippen molar-refractivity contribution in [2.24, 2.45) is 0 Å². The molecule has 22 heavy (non-hydrogen) atoms. The predicted molar refractivity (Wildman–Crippen MR) is 94.5 cm³/mol. The van der Waals surface area contributed by atoms with Gasteiger partial charge in [-0.2, -0.15) is 0 Å². The smallest absolute Gasteiger partial charge is 0.0494 e. The largest absolute Gasteiger partial charge is 0.336 e. The van der Waals surface area contributed by atoms with Crippen LogP contribution in [0, 0.1) is 13.8 Å². The van der Waals surface area contributed by atoms with Gasteiger partial charge in [0, 0.05) is 28.4 Å². The SMILES string of the molecule is Cc1ccc(Cn2c3ccccc3c3ccccc32)c(C)c1. The Morgan fingerprint density at radius 2 is 1.32 bits per heavy atom. The van der Waals surface area contributed by atoms with Crippen LogP contribution in [-0.4, -0.2) is 4.57 Å². The van der Waals surface area contributed by atoms with Crippen molar-refractivity contribution < 1.29 is 0 Å². The van der Waals surface area contributed by atoms with E-state index in [1.165, 1.54) is 38.5 Å². The van der Waals surface area contributed by atoms with E-state index in [0.29, 0.717) is 0 Å². The Morgan fingerprint density at radius 1 is 0.727 bits per heavy atom. The highest BCUT2D eigenvalue weighted by Crippen LogP contribution is 2.29. The number of rotatable bonds is 2. The molecule has 0 atom stereocenters. The first kappa shape index (κ1) is 13.1. The van der Waals surface area contributed by atoms with Crippen molar-refractivity contribution in [3.8, 4) is 0 Å². The molecule has 0 amide bonds. The third-order valence-electron chi connectivity index (χ3n) is 4.51. The van der Waals surface area contributed by atoms with Crippen LogP contribution in [0.25, 0.3) is 21.8 Å². The third-order valence-corrected chi connectivity index (χ3v) is 4.51. The fourth-order valence-electron chi connectivity index (χ4n) is 3.37. The highest BCUT2D eigenvalue weighted by atomic mass is 15.0. The van der Waals surface area contributed by atoms with Gasteiger partial charge in [0.15, 0.2) is 0 Å². The summed E-state index contributed by atoms with van der Waals surface area (Å²) in [5.74, 6) is 0. The number of fused-ring (bicyclic) bond motifs is 3. The number of benzene rings is 3. The molecule has 0 fully saturated rings. The number of hydrogen-bond donors (Lipinski definition) is 0. The molecule has 4 aromatic rings. The van der Waals surface area contributed by atoms with E-state index in [1.807, 2.05) is 0 Å². The minimum Gasteiger partial charge on any atom is -0.336 e. The third kappa shape index (κ3) is 2.01. The molecule has 0 unspecified atom stereocenters. The number of aromatic nitrogens is 1. The first-order chi connectivity index (χ1) is 10.7. The number of nitrogens with zero attached hydrogens (tertiary/aromatic N) is 1. The van der Waals surface area contributed by atoms with Gasteiger partial charge in [0.25, 0.3) is 0 Å². The molecule has 0 aliphatic heterocycles. The zero-order valence-corrected chi connectivity index (χ0v) is 13.0. The zero-order chi connectivity index (χ0) is 15.1. The van der Waals surface area contributed by atoms with Crippen molar-refractivity contribution in [3.63, 3.8) is 0 Å². The summed E-state index contributed by atoms with van der Waals surface area (Å²) < 4.78 is 2.43. The maximum Gasteiger partial charge on any atom is 0.0494 e. The second-order valence-corrected chi connectivity index (χ2v) is 6.05. The number of hydrogen-bond acceptors (Lipinski definition) is 0. The molecule has 1 aromatic heterocycles. The molecule has 0 N–H and O–H groups in total. The molecule has 3 aromatic carbocycles. The van der Waals surface area contributed by atoms with E-state index in [-0.39, 0.29) is 0 Å². The molecule has 1 heterocycles. The lowest BCUT2D eigenvalue weighted by molar-refractivity contribution is 0.860. The van der Waals surface area contributed by atoms with Crippen LogP contribution in [0.5, 0.6) is 0 Å². The highest BCUT2D eigenvalue weighted by Gasteiger charge is 2.10. The Balaban J connectivity index is 1.96. The molecule has 1 nitrogen and oxygen atoms in total. The Labute approximate surface area is 130 Å². The normalized spacial score (nSPS) is 11.4. The van der Waals surface area contributed by atoms with Crippen LogP contribution in [0.4, 0.5) is 0 Å². The second-order valence-electron chi connectivity index (χ2n) is 6.05. The second kappa shape index (κ2) is 5.03. The van der Waals surface area contributed by atoms with Crippen LogP contribution in [0.3, 0.4) is 0 Å². The zero-order valence-electron chi connectivity index (χ0n) is 13.0. The van der Waals surface area contributed by atoms with Gasteiger partial charge in [-0.25, -0.2) is 0 Å². The van der Waals surface area contributed by atoms with Crippen LogP contribution >= 0.6 is 0 Å².